The molecule has 3 fully saturated rings. The Kier molecular flexibility index (Phi) is 5.46. The highest BCUT2D eigenvalue weighted by Gasteiger charge is 2.33. The lowest BCUT2D eigenvalue weighted by Crippen LogP contribution is -2.44. The van der Waals surface area contributed by atoms with Gasteiger partial charge in [0, 0.05) is 31.7 Å². The molecule has 0 aromatic rings. The van der Waals surface area contributed by atoms with Gasteiger partial charge in [-0.15, -0.1) is 0 Å². The van der Waals surface area contributed by atoms with Gasteiger partial charge in [0.2, 0.25) is 0 Å². The van der Waals surface area contributed by atoms with Crippen LogP contribution in [-0.2, 0) is 9.84 Å². The molecule has 1 heterocycles. The first-order chi connectivity index (χ1) is 11.1. The van der Waals surface area contributed by atoms with Gasteiger partial charge in [-0.05, 0) is 44.9 Å². The monoisotopic (exact) mass is 342 g/mol. The number of nitrogens with one attached hydrogen (secondary N) is 2. The molecule has 2 N–H and O–H groups in total. The molecular weight excluding hydrogens is 312 g/mol. The molecule has 0 bridgehead atoms. The summed E-state index contributed by atoms with van der Waals surface area (Å²) in [6.07, 6.45) is 6.16. The van der Waals surface area contributed by atoms with E-state index < -0.39 is 9.84 Å². The number of guanidine groups is 1. The molecule has 6 nitrogen and oxygen atoms in total. The SMILES string of the molecule is CCNC(=NCCN(CC1CC1)C1CC1)NC1CCS(=O)(=O)C1. The van der Waals surface area contributed by atoms with E-state index in [0.717, 1.165) is 37.6 Å². The zero-order chi connectivity index (χ0) is 16.3. The normalized spacial score (nSPS) is 27.4. The Bertz CT molecular complexity index is 526. The Hall–Kier alpha value is -0.820. The van der Waals surface area contributed by atoms with Crippen molar-refractivity contribution in [2.75, 3.05) is 37.7 Å². The van der Waals surface area contributed by atoms with E-state index in [0.29, 0.717) is 12.2 Å². The molecule has 0 amide bonds. The van der Waals surface area contributed by atoms with Crippen molar-refractivity contribution in [1.29, 1.82) is 0 Å². The van der Waals surface area contributed by atoms with Crippen LogP contribution in [-0.4, -0.2) is 69.0 Å². The first-order valence-electron chi connectivity index (χ1n) is 9.05. The van der Waals surface area contributed by atoms with Gasteiger partial charge in [0.05, 0.1) is 18.1 Å². The third kappa shape index (κ3) is 5.64. The molecule has 1 unspecified atom stereocenters. The lowest BCUT2D eigenvalue weighted by atomic mass is 10.3. The van der Waals surface area contributed by atoms with E-state index in [1.54, 1.807) is 0 Å². The lowest BCUT2D eigenvalue weighted by Gasteiger charge is -2.21. The molecule has 132 valence electrons. The van der Waals surface area contributed by atoms with Crippen LogP contribution >= 0.6 is 0 Å². The number of hydrogen-bond donors (Lipinski definition) is 2. The van der Waals surface area contributed by atoms with Crippen LogP contribution in [0.1, 0.15) is 39.0 Å². The highest BCUT2D eigenvalue weighted by Crippen LogP contribution is 2.34. The van der Waals surface area contributed by atoms with Crippen molar-refractivity contribution in [2.24, 2.45) is 10.9 Å². The van der Waals surface area contributed by atoms with Crippen molar-refractivity contribution < 1.29 is 8.42 Å². The number of rotatable bonds is 8. The van der Waals surface area contributed by atoms with E-state index in [9.17, 15) is 8.42 Å². The molecule has 0 radical (unpaired) electrons. The molecule has 23 heavy (non-hydrogen) atoms. The Labute approximate surface area is 140 Å². The number of nitrogens with zero attached hydrogens (tertiary/aromatic N) is 2. The average Bonchev–Trinajstić information content (AvgIpc) is 3.38. The standard InChI is InChI=1S/C16H30N4O2S/c1-2-17-16(19-14-7-10-23(21,22)12-14)18-8-9-20(15-5-6-15)11-13-3-4-13/h13-15H,2-12H2,1H3,(H2,17,18,19). The lowest BCUT2D eigenvalue weighted by molar-refractivity contribution is 0.260. The molecule has 3 rings (SSSR count). The highest BCUT2D eigenvalue weighted by molar-refractivity contribution is 7.91. The second kappa shape index (κ2) is 7.38. The maximum Gasteiger partial charge on any atom is 0.191 e. The second-order valence-electron chi connectivity index (χ2n) is 7.17. The molecular formula is C16H30N4O2S. The van der Waals surface area contributed by atoms with Gasteiger partial charge < -0.3 is 10.6 Å². The molecule has 3 aliphatic rings. The smallest absolute Gasteiger partial charge is 0.191 e. The Morgan fingerprint density at radius 1 is 1.22 bits per heavy atom. The van der Waals surface area contributed by atoms with Crippen LogP contribution in [0.2, 0.25) is 0 Å². The summed E-state index contributed by atoms with van der Waals surface area (Å²) in [7, 11) is -2.85. The number of sulfone groups is 1. The molecule has 0 spiro atoms. The van der Waals surface area contributed by atoms with E-state index in [1.165, 1.54) is 32.2 Å². The minimum atomic E-state index is -2.85. The first-order valence-corrected chi connectivity index (χ1v) is 10.9. The molecule has 1 aliphatic heterocycles. The van der Waals surface area contributed by atoms with Crippen molar-refractivity contribution in [3.05, 3.63) is 0 Å². The van der Waals surface area contributed by atoms with Crippen molar-refractivity contribution in [3.63, 3.8) is 0 Å². The average molecular weight is 343 g/mol. The maximum absolute atomic E-state index is 11.6. The summed E-state index contributed by atoms with van der Waals surface area (Å²) in [6.45, 7) is 5.86. The van der Waals surface area contributed by atoms with Crippen molar-refractivity contribution in [2.45, 2.75) is 51.1 Å². The van der Waals surface area contributed by atoms with Gasteiger partial charge in [0.15, 0.2) is 15.8 Å². The Morgan fingerprint density at radius 2 is 2.00 bits per heavy atom. The van der Waals surface area contributed by atoms with Crippen molar-refractivity contribution in [3.8, 4) is 0 Å². The Balaban J connectivity index is 1.47. The summed E-state index contributed by atoms with van der Waals surface area (Å²) in [6, 6.07) is 0.796. The van der Waals surface area contributed by atoms with Gasteiger partial charge in [-0.3, -0.25) is 9.89 Å². The van der Waals surface area contributed by atoms with Gasteiger partial charge in [0.25, 0.3) is 0 Å². The van der Waals surface area contributed by atoms with Crippen LogP contribution in [0.5, 0.6) is 0 Å². The van der Waals surface area contributed by atoms with E-state index in [2.05, 4.69) is 20.5 Å². The van der Waals surface area contributed by atoms with Crippen molar-refractivity contribution in [1.82, 2.24) is 15.5 Å². The number of aliphatic imine (C=N–C) groups is 1. The second-order valence-corrected chi connectivity index (χ2v) is 9.40. The third-order valence-electron chi connectivity index (χ3n) is 4.83. The van der Waals surface area contributed by atoms with Crippen LogP contribution in [0.25, 0.3) is 0 Å². The van der Waals surface area contributed by atoms with E-state index in [1.807, 2.05) is 6.92 Å². The topological polar surface area (TPSA) is 73.8 Å². The van der Waals surface area contributed by atoms with Gasteiger partial charge in [-0.1, -0.05) is 0 Å². The van der Waals surface area contributed by atoms with Crippen LogP contribution in [0, 0.1) is 5.92 Å². The van der Waals surface area contributed by atoms with Gasteiger partial charge in [-0.2, -0.15) is 0 Å². The minimum absolute atomic E-state index is 0.00352. The van der Waals surface area contributed by atoms with E-state index >= 15 is 0 Å². The molecule has 1 saturated heterocycles. The van der Waals surface area contributed by atoms with Crippen LogP contribution in [0.3, 0.4) is 0 Å². The van der Waals surface area contributed by atoms with Gasteiger partial charge in [-0.25, -0.2) is 8.42 Å². The summed E-state index contributed by atoms with van der Waals surface area (Å²) in [5.41, 5.74) is 0. The molecule has 0 aromatic carbocycles. The summed E-state index contributed by atoms with van der Waals surface area (Å²) >= 11 is 0. The number of hydrogen-bond acceptors (Lipinski definition) is 4. The van der Waals surface area contributed by atoms with Crippen LogP contribution in [0.15, 0.2) is 4.99 Å². The van der Waals surface area contributed by atoms with E-state index in [-0.39, 0.29) is 11.8 Å². The van der Waals surface area contributed by atoms with E-state index in [4.69, 9.17) is 0 Å². The first kappa shape index (κ1) is 17.0. The molecule has 7 heteroatoms. The predicted molar refractivity (Wildman–Crippen MR) is 93.5 cm³/mol. The molecule has 2 aliphatic carbocycles. The summed E-state index contributed by atoms with van der Waals surface area (Å²) < 4.78 is 23.1. The van der Waals surface area contributed by atoms with Crippen LogP contribution < -0.4 is 10.6 Å². The van der Waals surface area contributed by atoms with Gasteiger partial charge >= 0.3 is 0 Å². The molecule has 2 saturated carbocycles. The zero-order valence-electron chi connectivity index (χ0n) is 14.1. The fourth-order valence-corrected chi connectivity index (χ4v) is 4.88. The van der Waals surface area contributed by atoms with Gasteiger partial charge in [0.1, 0.15) is 0 Å². The van der Waals surface area contributed by atoms with Crippen molar-refractivity contribution >= 4 is 15.8 Å². The van der Waals surface area contributed by atoms with Crippen LogP contribution in [0.4, 0.5) is 0 Å². The summed E-state index contributed by atoms with van der Waals surface area (Å²) in [5, 5.41) is 6.52. The zero-order valence-corrected chi connectivity index (χ0v) is 14.9. The summed E-state index contributed by atoms with van der Waals surface area (Å²) in [5.74, 6) is 2.21. The molecule has 1 atom stereocenters. The summed E-state index contributed by atoms with van der Waals surface area (Å²) in [4.78, 5) is 7.26. The third-order valence-corrected chi connectivity index (χ3v) is 6.60. The fraction of sp³-hybridized carbons (Fsp3) is 0.938. The minimum Gasteiger partial charge on any atom is -0.357 e. The maximum atomic E-state index is 11.6. The quantitative estimate of drug-likeness (QED) is 0.499. The highest BCUT2D eigenvalue weighted by atomic mass is 32.2. The molecule has 0 aromatic heterocycles. The fourth-order valence-electron chi connectivity index (χ4n) is 3.21. The Morgan fingerprint density at radius 3 is 2.57 bits per heavy atom. The predicted octanol–water partition coefficient (Wildman–Crippen LogP) is 0.603. The largest absolute Gasteiger partial charge is 0.357 e.